The second-order valence-electron chi connectivity index (χ2n) is 6.61. The van der Waals surface area contributed by atoms with Crippen LogP contribution in [0.15, 0.2) is 71.6 Å². The third kappa shape index (κ3) is 7.19. The average Bonchev–Trinajstić information content (AvgIpc) is 2.76. The Hall–Kier alpha value is -3.64. The molecule has 0 aliphatic rings. The van der Waals surface area contributed by atoms with E-state index in [0.29, 0.717) is 5.39 Å². The van der Waals surface area contributed by atoms with Crippen molar-refractivity contribution in [3.05, 3.63) is 66.7 Å². The van der Waals surface area contributed by atoms with Crippen LogP contribution >= 0.6 is 0 Å². The number of carbonyl (C=O) groups is 2. The van der Waals surface area contributed by atoms with Crippen LogP contribution in [0.3, 0.4) is 0 Å². The highest BCUT2D eigenvalue weighted by atomic mass is 32.2. The minimum atomic E-state index is -4.84. The summed E-state index contributed by atoms with van der Waals surface area (Å²) in [6, 6.07) is 16.0. The van der Waals surface area contributed by atoms with Gasteiger partial charge in [0.25, 0.3) is 5.91 Å². The SMILES string of the molecule is O=C(COC(=O)CNS(=O)(=O)c1ccc2ccccc2c1)Nc1ccc(OC(F)(F)F)cc1. The lowest BCUT2D eigenvalue weighted by Gasteiger charge is -2.10. The largest absolute Gasteiger partial charge is 0.573 e. The normalized spacial score (nSPS) is 11.7. The van der Waals surface area contributed by atoms with Crippen molar-refractivity contribution in [2.45, 2.75) is 11.3 Å². The highest BCUT2D eigenvalue weighted by Crippen LogP contribution is 2.24. The average molecular weight is 482 g/mol. The Morgan fingerprint density at radius 1 is 0.909 bits per heavy atom. The Balaban J connectivity index is 1.47. The van der Waals surface area contributed by atoms with E-state index in [4.69, 9.17) is 4.74 Å². The number of alkyl halides is 3. The number of anilines is 1. The van der Waals surface area contributed by atoms with E-state index in [9.17, 15) is 31.2 Å². The number of sulfonamides is 1. The van der Waals surface area contributed by atoms with Gasteiger partial charge in [-0.3, -0.25) is 9.59 Å². The van der Waals surface area contributed by atoms with Gasteiger partial charge in [0.2, 0.25) is 10.0 Å². The van der Waals surface area contributed by atoms with Crippen LogP contribution < -0.4 is 14.8 Å². The summed E-state index contributed by atoms with van der Waals surface area (Å²) < 4.78 is 71.7. The van der Waals surface area contributed by atoms with Crippen molar-refractivity contribution in [3.63, 3.8) is 0 Å². The first-order chi connectivity index (χ1) is 15.5. The van der Waals surface area contributed by atoms with Crippen LogP contribution in [0.25, 0.3) is 10.8 Å². The Bertz CT molecular complexity index is 1260. The summed E-state index contributed by atoms with van der Waals surface area (Å²) >= 11 is 0. The Morgan fingerprint density at radius 2 is 1.58 bits per heavy atom. The number of rotatable bonds is 8. The van der Waals surface area contributed by atoms with Gasteiger partial charge >= 0.3 is 12.3 Å². The molecular weight excluding hydrogens is 465 g/mol. The highest BCUT2D eigenvalue weighted by molar-refractivity contribution is 7.89. The van der Waals surface area contributed by atoms with Crippen LogP contribution in [0.4, 0.5) is 18.9 Å². The maximum absolute atomic E-state index is 12.4. The maximum Gasteiger partial charge on any atom is 0.573 e. The summed E-state index contributed by atoms with van der Waals surface area (Å²) in [5, 5.41) is 3.87. The molecule has 33 heavy (non-hydrogen) atoms. The Labute approximate surface area is 186 Å². The van der Waals surface area contributed by atoms with Crippen LogP contribution in [-0.2, 0) is 24.3 Å². The van der Waals surface area contributed by atoms with Gasteiger partial charge in [0.15, 0.2) is 6.61 Å². The van der Waals surface area contributed by atoms with E-state index in [2.05, 4.69) is 14.8 Å². The number of nitrogens with one attached hydrogen (secondary N) is 2. The number of esters is 1. The molecule has 8 nitrogen and oxygen atoms in total. The molecule has 0 fully saturated rings. The fraction of sp³-hybridized carbons (Fsp3) is 0.143. The van der Waals surface area contributed by atoms with Gasteiger partial charge in [0.05, 0.1) is 4.90 Å². The fourth-order valence-electron chi connectivity index (χ4n) is 2.71. The second-order valence-corrected chi connectivity index (χ2v) is 8.38. The molecule has 0 aliphatic heterocycles. The van der Waals surface area contributed by atoms with Crippen molar-refractivity contribution < 1.29 is 40.7 Å². The van der Waals surface area contributed by atoms with Gasteiger partial charge < -0.3 is 14.8 Å². The van der Waals surface area contributed by atoms with Gasteiger partial charge in [0.1, 0.15) is 12.3 Å². The molecule has 0 aliphatic carbocycles. The number of halogens is 3. The lowest BCUT2D eigenvalue weighted by molar-refractivity contribution is -0.274. The molecule has 3 rings (SSSR count). The summed E-state index contributed by atoms with van der Waals surface area (Å²) in [6.07, 6.45) is -4.84. The van der Waals surface area contributed by atoms with Crippen molar-refractivity contribution in [2.75, 3.05) is 18.5 Å². The number of benzene rings is 3. The minimum absolute atomic E-state index is 0.0373. The third-order valence-corrected chi connectivity index (χ3v) is 5.57. The molecule has 0 aromatic heterocycles. The number of fused-ring (bicyclic) bond motifs is 1. The number of hydrogen-bond donors (Lipinski definition) is 2. The predicted molar refractivity (Wildman–Crippen MR) is 112 cm³/mol. The summed E-state index contributed by atoms with van der Waals surface area (Å²) in [6.45, 7) is -1.43. The van der Waals surface area contributed by atoms with E-state index in [1.54, 1.807) is 18.2 Å². The summed E-state index contributed by atoms with van der Waals surface area (Å²) in [5.74, 6) is -2.24. The molecule has 2 N–H and O–H groups in total. The van der Waals surface area contributed by atoms with Gasteiger partial charge in [-0.2, -0.15) is 4.72 Å². The van der Waals surface area contributed by atoms with E-state index in [1.807, 2.05) is 12.1 Å². The van der Waals surface area contributed by atoms with Crippen molar-refractivity contribution in [1.82, 2.24) is 4.72 Å². The Morgan fingerprint density at radius 3 is 2.24 bits per heavy atom. The van der Waals surface area contributed by atoms with E-state index < -0.39 is 47.2 Å². The zero-order chi connectivity index (χ0) is 24.1. The lowest BCUT2D eigenvalue weighted by Crippen LogP contribution is -2.32. The zero-order valence-corrected chi connectivity index (χ0v) is 17.6. The first kappa shape index (κ1) is 24.0. The first-order valence-corrected chi connectivity index (χ1v) is 10.8. The van der Waals surface area contributed by atoms with E-state index >= 15 is 0 Å². The number of amides is 1. The van der Waals surface area contributed by atoms with E-state index in [-0.39, 0.29) is 10.6 Å². The van der Waals surface area contributed by atoms with Gasteiger partial charge in [-0.1, -0.05) is 30.3 Å². The molecule has 0 atom stereocenters. The molecule has 0 unspecified atom stereocenters. The van der Waals surface area contributed by atoms with Crippen LogP contribution in [0, 0.1) is 0 Å². The molecule has 12 heteroatoms. The standard InChI is InChI=1S/C21H17F3N2O6S/c22-21(23,24)32-17-8-6-16(7-9-17)26-19(27)13-31-20(28)12-25-33(29,30)18-10-5-14-3-1-2-4-15(14)11-18/h1-11,25H,12-13H2,(H,26,27). The van der Waals surface area contributed by atoms with Crippen molar-refractivity contribution >= 4 is 38.4 Å². The molecule has 3 aromatic rings. The molecule has 0 saturated carbocycles. The topological polar surface area (TPSA) is 111 Å². The fourth-order valence-corrected chi connectivity index (χ4v) is 3.71. The van der Waals surface area contributed by atoms with E-state index in [1.165, 1.54) is 24.3 Å². The van der Waals surface area contributed by atoms with Crippen molar-refractivity contribution in [2.24, 2.45) is 0 Å². The van der Waals surface area contributed by atoms with Crippen molar-refractivity contribution in [3.8, 4) is 5.75 Å². The Kier molecular flexibility index (Phi) is 7.19. The summed E-state index contributed by atoms with van der Waals surface area (Å²) in [5.41, 5.74) is 0.141. The van der Waals surface area contributed by atoms with E-state index in [0.717, 1.165) is 17.5 Å². The molecule has 1 amide bonds. The smallest absolute Gasteiger partial charge is 0.455 e. The van der Waals surface area contributed by atoms with Gasteiger partial charge in [-0.15, -0.1) is 13.2 Å². The maximum atomic E-state index is 12.4. The molecule has 174 valence electrons. The lowest BCUT2D eigenvalue weighted by atomic mass is 10.1. The summed E-state index contributed by atoms with van der Waals surface area (Å²) in [7, 11) is -3.99. The number of ether oxygens (including phenoxy) is 2. The minimum Gasteiger partial charge on any atom is -0.455 e. The molecule has 0 bridgehead atoms. The van der Waals surface area contributed by atoms with Gasteiger partial charge in [0, 0.05) is 5.69 Å². The van der Waals surface area contributed by atoms with Crippen LogP contribution in [0.2, 0.25) is 0 Å². The van der Waals surface area contributed by atoms with Crippen LogP contribution in [0.1, 0.15) is 0 Å². The summed E-state index contributed by atoms with van der Waals surface area (Å²) in [4.78, 5) is 23.6. The molecule has 0 spiro atoms. The molecule has 0 saturated heterocycles. The highest BCUT2D eigenvalue weighted by Gasteiger charge is 2.31. The van der Waals surface area contributed by atoms with Crippen LogP contribution in [-0.4, -0.2) is 39.8 Å². The second kappa shape index (κ2) is 9.88. The third-order valence-electron chi connectivity index (χ3n) is 4.17. The molecule has 0 radical (unpaired) electrons. The first-order valence-electron chi connectivity index (χ1n) is 9.32. The molecule has 0 heterocycles. The molecule has 3 aromatic carbocycles. The monoisotopic (exact) mass is 482 g/mol. The van der Waals surface area contributed by atoms with Crippen molar-refractivity contribution in [1.29, 1.82) is 0 Å². The molecular formula is C21H17F3N2O6S. The predicted octanol–water partition coefficient (Wildman–Crippen LogP) is 3.20. The van der Waals surface area contributed by atoms with Gasteiger partial charge in [-0.25, -0.2) is 8.42 Å². The zero-order valence-electron chi connectivity index (χ0n) is 16.8. The van der Waals surface area contributed by atoms with Crippen LogP contribution in [0.5, 0.6) is 5.75 Å². The number of hydrogen-bond acceptors (Lipinski definition) is 6. The quantitative estimate of drug-likeness (QED) is 0.477. The number of carbonyl (C=O) groups excluding carboxylic acids is 2. The van der Waals surface area contributed by atoms with Gasteiger partial charge in [-0.05, 0) is 47.2 Å².